The third kappa shape index (κ3) is 4.16. The highest BCUT2D eigenvalue weighted by atomic mass is 35.5. The predicted octanol–water partition coefficient (Wildman–Crippen LogP) is 3.95. The summed E-state index contributed by atoms with van der Waals surface area (Å²) in [4.78, 5) is 25.3. The third-order valence-corrected chi connectivity index (χ3v) is 3.73. The van der Waals surface area contributed by atoms with Crippen LogP contribution in [-0.2, 0) is 9.53 Å². The van der Waals surface area contributed by atoms with Crippen LogP contribution in [0.3, 0.4) is 0 Å². The van der Waals surface area contributed by atoms with Crippen LogP contribution in [0.1, 0.15) is 16.1 Å². The van der Waals surface area contributed by atoms with Crippen LogP contribution in [0.5, 0.6) is 0 Å². The summed E-state index contributed by atoms with van der Waals surface area (Å²) < 4.78 is 62.8. The zero-order valence-corrected chi connectivity index (χ0v) is 15.5. The maximum Gasteiger partial charge on any atom is 0.455 e. The molecule has 1 aromatic carbocycles. The molecule has 0 fully saturated rings. The molecule has 0 bridgehead atoms. The number of hydrogen-bond acceptors (Lipinski definition) is 6. The molecule has 150 valence electrons. The quantitative estimate of drug-likeness (QED) is 0.414. The van der Waals surface area contributed by atoms with Gasteiger partial charge >= 0.3 is 12.1 Å². The van der Waals surface area contributed by atoms with Crippen molar-refractivity contribution in [1.29, 1.82) is 0 Å². The van der Waals surface area contributed by atoms with Crippen molar-refractivity contribution in [3.63, 3.8) is 0 Å². The topological polar surface area (TPSA) is 72.6 Å². The first-order chi connectivity index (χ1) is 13.0. The first-order valence-corrected chi connectivity index (χ1v) is 7.89. The van der Waals surface area contributed by atoms with Gasteiger partial charge in [-0.2, -0.15) is 13.2 Å². The van der Waals surface area contributed by atoms with Crippen LogP contribution in [-0.4, -0.2) is 49.2 Å². The minimum absolute atomic E-state index is 0.176. The number of benzene rings is 1. The van der Waals surface area contributed by atoms with Crippen LogP contribution in [0.15, 0.2) is 28.9 Å². The number of methoxy groups -OCH3 is 1. The highest BCUT2D eigenvalue weighted by molar-refractivity contribution is 6.33. The van der Waals surface area contributed by atoms with E-state index in [0.29, 0.717) is 0 Å². The molecule has 0 radical (unpaired) electrons. The molecular formula is C17H13ClF4N2O4. The van der Waals surface area contributed by atoms with E-state index in [-0.39, 0.29) is 10.6 Å². The van der Waals surface area contributed by atoms with Crippen molar-refractivity contribution in [2.45, 2.75) is 6.18 Å². The third-order valence-electron chi connectivity index (χ3n) is 3.42. The Bertz CT molecular complexity index is 931. The lowest BCUT2D eigenvalue weighted by molar-refractivity contribution is -0.164. The zero-order chi connectivity index (χ0) is 21.2. The van der Waals surface area contributed by atoms with Crippen LogP contribution in [0.4, 0.5) is 17.6 Å². The largest absolute Gasteiger partial charge is 0.465 e. The summed E-state index contributed by atoms with van der Waals surface area (Å²) in [7, 11) is 3.66. The second-order valence-electron chi connectivity index (χ2n) is 5.66. The van der Waals surface area contributed by atoms with Crippen LogP contribution in [0, 0.1) is 5.82 Å². The lowest BCUT2D eigenvalue weighted by Gasteiger charge is -2.12. The van der Waals surface area contributed by atoms with Crippen molar-refractivity contribution in [2.75, 3.05) is 21.2 Å². The molecule has 0 amide bonds. The number of halogens is 5. The molecular weight excluding hydrogens is 408 g/mol. The SMILES string of the molecule is COC(=O)c1c(-c2c(F)cccc2Cl)noc1/C(=C/N(C)C)C(=O)C(F)(F)F. The molecule has 0 spiro atoms. The number of nitrogens with zero attached hydrogens (tertiary/aromatic N) is 2. The lowest BCUT2D eigenvalue weighted by Crippen LogP contribution is -2.25. The van der Waals surface area contributed by atoms with E-state index in [2.05, 4.69) is 9.89 Å². The molecule has 0 N–H and O–H groups in total. The molecule has 0 saturated heterocycles. The Hall–Kier alpha value is -2.88. The van der Waals surface area contributed by atoms with E-state index >= 15 is 0 Å². The standard InChI is InChI=1S/C17H13ClF4N2O4/c1-24(2)7-8(15(25)17(20,21)22)14-12(16(26)27-3)13(23-28-14)11-9(18)5-4-6-10(11)19/h4-7H,1-3H3/b8-7-. The lowest BCUT2D eigenvalue weighted by atomic mass is 10.00. The van der Waals surface area contributed by atoms with Crippen molar-refractivity contribution < 1.29 is 36.4 Å². The van der Waals surface area contributed by atoms with Gasteiger partial charge in [-0.1, -0.05) is 22.8 Å². The second-order valence-corrected chi connectivity index (χ2v) is 6.06. The van der Waals surface area contributed by atoms with E-state index < -0.39 is 46.3 Å². The number of esters is 1. The number of ketones is 1. The van der Waals surface area contributed by atoms with Crippen molar-refractivity contribution in [1.82, 2.24) is 10.1 Å². The minimum atomic E-state index is -5.27. The van der Waals surface area contributed by atoms with E-state index in [9.17, 15) is 27.2 Å². The minimum Gasteiger partial charge on any atom is -0.465 e. The Balaban J connectivity index is 2.83. The molecule has 0 unspecified atom stereocenters. The van der Waals surface area contributed by atoms with E-state index in [1.807, 2.05) is 0 Å². The maximum absolute atomic E-state index is 14.3. The summed E-state index contributed by atoms with van der Waals surface area (Å²) in [5, 5.41) is 3.31. The molecule has 2 aromatic rings. The van der Waals surface area contributed by atoms with Crippen LogP contribution in [0.25, 0.3) is 16.8 Å². The van der Waals surface area contributed by atoms with Crippen molar-refractivity contribution in [3.8, 4) is 11.3 Å². The van der Waals surface area contributed by atoms with Gasteiger partial charge in [0.1, 0.15) is 17.1 Å². The van der Waals surface area contributed by atoms with E-state index in [1.165, 1.54) is 26.2 Å². The summed E-state index contributed by atoms with van der Waals surface area (Å²) in [6, 6.07) is 3.57. The molecule has 0 aliphatic carbocycles. The first-order valence-electron chi connectivity index (χ1n) is 7.51. The van der Waals surface area contributed by atoms with Gasteiger partial charge in [-0.05, 0) is 12.1 Å². The fourth-order valence-electron chi connectivity index (χ4n) is 2.29. The van der Waals surface area contributed by atoms with Gasteiger partial charge in [0.15, 0.2) is 5.76 Å². The Kier molecular flexibility index (Phi) is 6.13. The van der Waals surface area contributed by atoms with Gasteiger partial charge in [-0.15, -0.1) is 0 Å². The average molecular weight is 421 g/mol. The van der Waals surface area contributed by atoms with E-state index in [1.54, 1.807) is 0 Å². The number of ether oxygens (including phenoxy) is 1. The predicted molar refractivity (Wildman–Crippen MR) is 91.0 cm³/mol. The average Bonchev–Trinajstić information content (AvgIpc) is 3.01. The number of alkyl halides is 3. The Morgan fingerprint density at radius 3 is 2.43 bits per heavy atom. The number of rotatable bonds is 5. The fourth-order valence-corrected chi connectivity index (χ4v) is 2.54. The van der Waals surface area contributed by atoms with Gasteiger partial charge < -0.3 is 14.2 Å². The normalized spacial score (nSPS) is 12.1. The van der Waals surface area contributed by atoms with Crippen LogP contribution < -0.4 is 0 Å². The van der Waals surface area contributed by atoms with Gasteiger partial charge in [-0.3, -0.25) is 4.79 Å². The molecule has 0 atom stereocenters. The molecule has 1 heterocycles. The van der Waals surface area contributed by atoms with Crippen molar-refractivity contribution in [3.05, 3.63) is 46.6 Å². The number of aromatic nitrogens is 1. The van der Waals surface area contributed by atoms with Gasteiger partial charge in [0.2, 0.25) is 0 Å². The molecule has 1 aromatic heterocycles. The fraction of sp³-hybridized carbons (Fsp3) is 0.235. The maximum atomic E-state index is 14.3. The van der Waals surface area contributed by atoms with Gasteiger partial charge in [0.25, 0.3) is 5.78 Å². The molecule has 28 heavy (non-hydrogen) atoms. The van der Waals surface area contributed by atoms with E-state index in [4.69, 9.17) is 16.1 Å². The number of allylic oxidation sites excluding steroid dienone is 1. The molecule has 0 saturated carbocycles. The summed E-state index contributed by atoms with van der Waals surface area (Å²) >= 11 is 5.95. The molecule has 0 aliphatic heterocycles. The van der Waals surface area contributed by atoms with Crippen LogP contribution in [0.2, 0.25) is 5.02 Å². The van der Waals surface area contributed by atoms with Crippen LogP contribution >= 0.6 is 11.6 Å². The van der Waals surface area contributed by atoms with E-state index in [0.717, 1.165) is 24.3 Å². The zero-order valence-electron chi connectivity index (χ0n) is 14.7. The molecule has 0 aliphatic rings. The number of carbonyl (C=O) groups is 2. The van der Waals surface area contributed by atoms with Crippen molar-refractivity contribution in [2.24, 2.45) is 0 Å². The number of Topliss-reactive ketones (excluding diaryl/α,β-unsaturated/α-hetero) is 1. The Labute approximate surface area is 161 Å². The monoisotopic (exact) mass is 420 g/mol. The summed E-state index contributed by atoms with van der Waals surface area (Å²) in [5.41, 5.74) is -2.56. The molecule has 6 nitrogen and oxygen atoms in total. The number of hydrogen-bond donors (Lipinski definition) is 0. The summed E-state index contributed by atoms with van der Waals surface area (Å²) in [5.74, 6) is -5.20. The van der Waals surface area contributed by atoms with Gasteiger partial charge in [-0.25, -0.2) is 9.18 Å². The molecule has 2 rings (SSSR count). The van der Waals surface area contributed by atoms with Gasteiger partial charge in [0.05, 0.1) is 23.3 Å². The Morgan fingerprint density at radius 1 is 1.29 bits per heavy atom. The molecule has 11 heteroatoms. The highest BCUT2D eigenvalue weighted by Gasteiger charge is 2.44. The smallest absolute Gasteiger partial charge is 0.455 e. The van der Waals surface area contributed by atoms with Crippen molar-refractivity contribution >= 4 is 28.9 Å². The second kappa shape index (κ2) is 8.01. The Morgan fingerprint density at radius 2 is 1.93 bits per heavy atom. The summed E-state index contributed by atoms with van der Waals surface area (Å²) in [6.45, 7) is 0. The highest BCUT2D eigenvalue weighted by Crippen LogP contribution is 2.37. The number of carbonyl (C=O) groups excluding carboxylic acids is 2. The summed E-state index contributed by atoms with van der Waals surface area (Å²) in [6.07, 6.45) is -4.46. The van der Waals surface area contributed by atoms with Gasteiger partial charge in [0, 0.05) is 20.3 Å². The first kappa shape index (κ1) is 21.4.